The number of aromatic nitrogens is 2. The molecule has 26 heavy (non-hydrogen) atoms. The third kappa shape index (κ3) is 3.34. The van der Waals surface area contributed by atoms with Crippen molar-refractivity contribution in [1.29, 1.82) is 0 Å². The molecule has 0 aliphatic carbocycles. The normalized spacial score (nSPS) is 18.6. The van der Waals surface area contributed by atoms with Gasteiger partial charge in [-0.05, 0) is 52.6 Å². The van der Waals surface area contributed by atoms with Gasteiger partial charge in [-0.3, -0.25) is 4.68 Å². The molecule has 0 spiro atoms. The van der Waals surface area contributed by atoms with Crippen LogP contribution in [-0.4, -0.2) is 45.3 Å². The van der Waals surface area contributed by atoms with Crippen LogP contribution in [0.2, 0.25) is 0 Å². The smallest absolute Gasteiger partial charge is 0.422 e. The number of benzene rings is 1. The van der Waals surface area contributed by atoms with E-state index in [-0.39, 0.29) is 22.8 Å². The minimum atomic E-state index is -1.62. The van der Waals surface area contributed by atoms with Gasteiger partial charge in [-0.2, -0.15) is 5.10 Å². The number of hydrogen-bond acceptors (Lipinski definition) is 5. The average Bonchev–Trinajstić information content (AvgIpc) is 3.07. The Morgan fingerprint density at radius 2 is 1.58 bits per heavy atom. The summed E-state index contributed by atoms with van der Waals surface area (Å²) in [7, 11) is -2.04. The fourth-order valence-electron chi connectivity index (χ4n) is 2.88. The van der Waals surface area contributed by atoms with Gasteiger partial charge in [0.05, 0.1) is 11.2 Å². The SMILES string of the molecule is CC(C)n1cc(-c2ccc(B3OC(C)(C)C(C)(C)O3)cc2)c(B(O)O)n1. The molecular formula is C18H26B2N2O4. The van der Waals surface area contributed by atoms with Crippen molar-refractivity contribution in [1.82, 2.24) is 9.78 Å². The van der Waals surface area contributed by atoms with Crippen LogP contribution >= 0.6 is 0 Å². The zero-order chi connectivity index (χ0) is 19.3. The first-order chi connectivity index (χ1) is 12.0. The Hall–Kier alpha value is -1.60. The van der Waals surface area contributed by atoms with Crippen LogP contribution in [0.15, 0.2) is 30.5 Å². The maximum Gasteiger partial charge on any atom is 0.510 e. The summed E-state index contributed by atoms with van der Waals surface area (Å²) in [5.74, 6) is 0. The van der Waals surface area contributed by atoms with Crippen LogP contribution in [-0.2, 0) is 9.31 Å². The molecule has 3 rings (SSSR count). The van der Waals surface area contributed by atoms with E-state index in [0.717, 1.165) is 11.0 Å². The summed E-state index contributed by atoms with van der Waals surface area (Å²) in [6.45, 7) is 12.1. The first-order valence-corrected chi connectivity index (χ1v) is 8.93. The van der Waals surface area contributed by atoms with Gasteiger partial charge in [0, 0.05) is 17.8 Å². The van der Waals surface area contributed by atoms with E-state index in [1.807, 2.05) is 72.0 Å². The summed E-state index contributed by atoms with van der Waals surface area (Å²) in [6.07, 6.45) is 1.84. The van der Waals surface area contributed by atoms with Gasteiger partial charge < -0.3 is 19.4 Å². The highest BCUT2D eigenvalue weighted by Gasteiger charge is 2.51. The quantitative estimate of drug-likeness (QED) is 0.803. The molecular weight excluding hydrogens is 330 g/mol. The molecule has 0 radical (unpaired) electrons. The van der Waals surface area contributed by atoms with Crippen molar-refractivity contribution in [3.8, 4) is 11.1 Å². The van der Waals surface area contributed by atoms with Crippen molar-refractivity contribution in [3.05, 3.63) is 30.5 Å². The van der Waals surface area contributed by atoms with E-state index in [0.29, 0.717) is 5.56 Å². The molecule has 0 atom stereocenters. The third-order valence-corrected chi connectivity index (χ3v) is 5.28. The van der Waals surface area contributed by atoms with E-state index in [4.69, 9.17) is 9.31 Å². The van der Waals surface area contributed by atoms with Crippen molar-refractivity contribution >= 4 is 25.3 Å². The molecule has 2 N–H and O–H groups in total. The summed E-state index contributed by atoms with van der Waals surface area (Å²) in [5, 5.41) is 23.6. The number of rotatable bonds is 4. The molecule has 1 aliphatic rings. The second kappa shape index (κ2) is 6.53. The summed E-state index contributed by atoms with van der Waals surface area (Å²) in [4.78, 5) is 0. The van der Waals surface area contributed by atoms with Crippen molar-refractivity contribution in [2.45, 2.75) is 58.8 Å². The van der Waals surface area contributed by atoms with Crippen LogP contribution < -0.4 is 11.1 Å². The highest BCUT2D eigenvalue weighted by atomic mass is 16.7. The fourth-order valence-corrected chi connectivity index (χ4v) is 2.88. The van der Waals surface area contributed by atoms with Crippen molar-refractivity contribution in [2.75, 3.05) is 0 Å². The first kappa shape index (κ1) is 19.2. The molecule has 138 valence electrons. The Labute approximate surface area is 155 Å². The number of hydrogen-bond donors (Lipinski definition) is 2. The highest BCUT2D eigenvalue weighted by Crippen LogP contribution is 2.36. The Kier molecular flexibility index (Phi) is 4.82. The van der Waals surface area contributed by atoms with E-state index in [9.17, 15) is 10.0 Å². The molecule has 0 saturated carbocycles. The summed E-state index contributed by atoms with van der Waals surface area (Å²) >= 11 is 0. The lowest BCUT2D eigenvalue weighted by molar-refractivity contribution is 0.00578. The summed E-state index contributed by atoms with van der Waals surface area (Å²) < 4.78 is 13.9. The predicted molar refractivity (Wildman–Crippen MR) is 104 cm³/mol. The van der Waals surface area contributed by atoms with E-state index >= 15 is 0 Å². The second-order valence-corrected chi connectivity index (χ2v) is 8.09. The standard InChI is InChI=1S/C18H26B2N2O4/c1-12(2)22-11-15(16(21-22)19(23)24)13-7-9-14(10-8-13)20-25-17(3,4)18(5,6)26-20/h7-12,23-24H,1-6H3. The maximum atomic E-state index is 9.64. The Morgan fingerprint density at radius 1 is 1.04 bits per heavy atom. The van der Waals surface area contributed by atoms with E-state index in [2.05, 4.69) is 5.10 Å². The molecule has 1 fully saturated rings. The predicted octanol–water partition coefficient (Wildman–Crippen LogP) is 1.11. The molecule has 0 unspecified atom stereocenters. The van der Waals surface area contributed by atoms with Gasteiger partial charge in [-0.15, -0.1) is 0 Å². The second-order valence-electron chi connectivity index (χ2n) is 8.09. The average molecular weight is 356 g/mol. The Morgan fingerprint density at radius 3 is 2.04 bits per heavy atom. The Bertz CT molecular complexity index is 769. The Balaban J connectivity index is 1.90. The van der Waals surface area contributed by atoms with Crippen LogP contribution in [0.4, 0.5) is 0 Å². The first-order valence-electron chi connectivity index (χ1n) is 8.93. The highest BCUT2D eigenvalue weighted by molar-refractivity contribution is 6.62. The van der Waals surface area contributed by atoms with Gasteiger partial charge in [0.25, 0.3) is 0 Å². The van der Waals surface area contributed by atoms with Crippen LogP contribution in [0.5, 0.6) is 0 Å². The molecule has 1 aromatic carbocycles. The molecule has 1 aromatic heterocycles. The molecule has 2 heterocycles. The van der Waals surface area contributed by atoms with Crippen LogP contribution in [0.3, 0.4) is 0 Å². The van der Waals surface area contributed by atoms with Gasteiger partial charge in [-0.25, -0.2) is 0 Å². The van der Waals surface area contributed by atoms with Crippen LogP contribution in [0, 0.1) is 0 Å². The van der Waals surface area contributed by atoms with Gasteiger partial charge in [0.15, 0.2) is 0 Å². The molecule has 0 bridgehead atoms. The zero-order valence-corrected chi connectivity index (χ0v) is 16.2. The number of nitrogens with zero attached hydrogens (tertiary/aromatic N) is 2. The minimum absolute atomic E-state index is 0.130. The minimum Gasteiger partial charge on any atom is -0.422 e. The molecule has 8 heteroatoms. The van der Waals surface area contributed by atoms with Gasteiger partial charge in [-0.1, -0.05) is 24.3 Å². The monoisotopic (exact) mass is 356 g/mol. The maximum absolute atomic E-state index is 9.64. The third-order valence-electron chi connectivity index (χ3n) is 5.28. The van der Waals surface area contributed by atoms with E-state index in [1.54, 1.807) is 4.68 Å². The lowest BCUT2D eigenvalue weighted by Crippen LogP contribution is -2.41. The van der Waals surface area contributed by atoms with Crippen molar-refractivity contribution in [2.24, 2.45) is 0 Å². The van der Waals surface area contributed by atoms with Crippen LogP contribution in [0.25, 0.3) is 11.1 Å². The largest absolute Gasteiger partial charge is 0.510 e. The molecule has 1 saturated heterocycles. The summed E-state index contributed by atoms with van der Waals surface area (Å²) in [5.41, 5.74) is 1.97. The molecule has 2 aromatic rings. The van der Waals surface area contributed by atoms with Gasteiger partial charge in [0.1, 0.15) is 5.59 Å². The van der Waals surface area contributed by atoms with E-state index < -0.39 is 14.2 Å². The molecule has 1 aliphatic heterocycles. The van der Waals surface area contributed by atoms with Crippen molar-refractivity contribution in [3.63, 3.8) is 0 Å². The topological polar surface area (TPSA) is 76.7 Å². The van der Waals surface area contributed by atoms with Gasteiger partial charge >= 0.3 is 14.2 Å². The van der Waals surface area contributed by atoms with Gasteiger partial charge in [0.2, 0.25) is 0 Å². The molecule has 6 nitrogen and oxygen atoms in total. The summed E-state index contributed by atoms with van der Waals surface area (Å²) in [6, 6.07) is 7.86. The molecule has 0 amide bonds. The van der Waals surface area contributed by atoms with E-state index in [1.165, 1.54) is 0 Å². The van der Waals surface area contributed by atoms with Crippen molar-refractivity contribution < 1.29 is 19.4 Å². The fraction of sp³-hybridized carbons (Fsp3) is 0.500. The van der Waals surface area contributed by atoms with Crippen LogP contribution in [0.1, 0.15) is 47.6 Å². The lowest BCUT2D eigenvalue weighted by atomic mass is 9.77. The zero-order valence-electron chi connectivity index (χ0n) is 16.2. The lowest BCUT2D eigenvalue weighted by Gasteiger charge is -2.32.